The van der Waals surface area contributed by atoms with Crippen molar-refractivity contribution < 1.29 is 14.3 Å². The molecule has 154 valence electrons. The van der Waals surface area contributed by atoms with Gasteiger partial charge in [-0.1, -0.05) is 0 Å². The zero-order chi connectivity index (χ0) is 20.3. The number of hydrogen-bond donors (Lipinski definition) is 2. The molecule has 4 aliphatic carbocycles. The predicted molar refractivity (Wildman–Crippen MR) is 107 cm³/mol. The van der Waals surface area contributed by atoms with Gasteiger partial charge >= 0.3 is 5.97 Å². The molecule has 4 fully saturated rings. The minimum atomic E-state index is -0.257. The summed E-state index contributed by atoms with van der Waals surface area (Å²) in [6, 6.07) is 3.44. The van der Waals surface area contributed by atoms with E-state index in [2.05, 4.69) is 20.7 Å². The number of aromatic nitrogens is 3. The summed E-state index contributed by atoms with van der Waals surface area (Å²) in [7, 11) is 1.57. The number of nitrogens with one attached hydrogen (secondary N) is 2. The van der Waals surface area contributed by atoms with Crippen LogP contribution in [-0.2, 0) is 9.53 Å². The highest BCUT2D eigenvalue weighted by Gasteiger charge is 2.63. The molecule has 0 aromatic carbocycles. The van der Waals surface area contributed by atoms with E-state index in [9.17, 15) is 9.59 Å². The second kappa shape index (κ2) is 6.86. The molecule has 9 heteroatoms. The van der Waals surface area contributed by atoms with Gasteiger partial charge in [-0.05, 0) is 73.6 Å². The van der Waals surface area contributed by atoms with Crippen LogP contribution in [0.1, 0.15) is 36.7 Å². The Morgan fingerprint density at radius 2 is 2.00 bits per heavy atom. The van der Waals surface area contributed by atoms with Gasteiger partial charge in [-0.2, -0.15) is 4.98 Å². The molecular weight excluding hydrogens is 394 g/mol. The van der Waals surface area contributed by atoms with Crippen LogP contribution in [0.4, 0.5) is 5.82 Å². The van der Waals surface area contributed by atoms with E-state index < -0.39 is 0 Å². The maximum Gasteiger partial charge on any atom is 0.311 e. The first kappa shape index (κ1) is 18.7. The van der Waals surface area contributed by atoms with Gasteiger partial charge in [0.2, 0.25) is 5.28 Å². The molecule has 0 spiro atoms. The number of rotatable bonds is 5. The van der Waals surface area contributed by atoms with Crippen molar-refractivity contribution in [2.24, 2.45) is 29.6 Å². The first-order valence-corrected chi connectivity index (χ1v) is 10.6. The fraction of sp³-hybridized carbons (Fsp3) is 0.600. The van der Waals surface area contributed by atoms with Gasteiger partial charge < -0.3 is 15.4 Å². The van der Waals surface area contributed by atoms with Crippen LogP contribution < -0.4 is 10.6 Å². The molecular formula is C20H24ClN5O3. The molecule has 6 atom stereocenters. The predicted octanol–water partition coefficient (Wildman–Crippen LogP) is 2.38. The third kappa shape index (κ3) is 2.87. The fourth-order valence-electron chi connectivity index (χ4n) is 5.75. The van der Waals surface area contributed by atoms with Crippen LogP contribution in [0.25, 0.3) is 5.52 Å². The second-order valence-electron chi connectivity index (χ2n) is 8.24. The van der Waals surface area contributed by atoms with Gasteiger partial charge in [-0.3, -0.25) is 9.59 Å². The molecule has 4 aliphatic rings. The first-order chi connectivity index (χ1) is 14.0. The number of ether oxygens (including phenoxy) is 1. The van der Waals surface area contributed by atoms with Gasteiger partial charge in [0.15, 0.2) is 5.82 Å². The van der Waals surface area contributed by atoms with E-state index >= 15 is 0 Å². The van der Waals surface area contributed by atoms with Gasteiger partial charge in [-0.15, -0.1) is 5.10 Å². The number of esters is 1. The highest BCUT2D eigenvalue weighted by Crippen LogP contribution is 2.64. The van der Waals surface area contributed by atoms with Gasteiger partial charge in [0.05, 0.1) is 12.5 Å². The van der Waals surface area contributed by atoms with Gasteiger partial charge in [0.1, 0.15) is 11.2 Å². The lowest BCUT2D eigenvalue weighted by atomic mass is 9.61. The zero-order valence-corrected chi connectivity index (χ0v) is 17.1. The first-order valence-electron chi connectivity index (χ1n) is 10.2. The molecule has 2 aromatic heterocycles. The van der Waals surface area contributed by atoms with Crippen LogP contribution in [0.5, 0.6) is 0 Å². The highest BCUT2D eigenvalue weighted by molar-refractivity contribution is 6.28. The minimum absolute atomic E-state index is 0.0410. The van der Waals surface area contributed by atoms with Crippen molar-refractivity contribution in [3.05, 3.63) is 23.1 Å². The summed E-state index contributed by atoms with van der Waals surface area (Å²) < 4.78 is 6.93. The van der Waals surface area contributed by atoms with Crippen molar-refractivity contribution in [1.82, 2.24) is 19.9 Å². The summed E-state index contributed by atoms with van der Waals surface area (Å²) in [6.07, 6.45) is 3.40. The highest BCUT2D eigenvalue weighted by atomic mass is 35.5. The standard InChI is InChI=1S/C20H24ClN5O3/c1-3-29-19(28)15-9-4-5-10(12-8-11(9)12)16(15)23-17-13-6-7-14(18(27)22-2)26(13)25-20(21)24-17/h6-7,9-12,15-16H,3-5,8H2,1-2H3,(H,22,27)(H,23,24,25)/t9?,10-,11?,12?,15+,16+/m1/s1. The quantitative estimate of drug-likeness (QED) is 0.725. The van der Waals surface area contributed by atoms with E-state index in [0.717, 1.165) is 12.8 Å². The van der Waals surface area contributed by atoms with E-state index in [1.807, 2.05) is 6.92 Å². The molecule has 6 rings (SSSR count). The van der Waals surface area contributed by atoms with Crippen LogP contribution >= 0.6 is 11.6 Å². The van der Waals surface area contributed by atoms with E-state index in [-0.39, 0.29) is 29.1 Å². The largest absolute Gasteiger partial charge is 0.466 e. The van der Waals surface area contributed by atoms with Crippen molar-refractivity contribution in [1.29, 1.82) is 0 Å². The topological polar surface area (TPSA) is 97.6 Å². The smallest absolute Gasteiger partial charge is 0.311 e. The van der Waals surface area contributed by atoms with Crippen LogP contribution in [-0.4, -0.2) is 46.2 Å². The molecule has 0 aliphatic heterocycles. The SMILES string of the molecule is CCOC(=O)[C@H]1C2CC[C@H](C3CC32)[C@@H]1Nc1nc(Cl)nn2c(C(=O)NC)ccc12. The molecule has 2 N–H and O–H groups in total. The Morgan fingerprint density at radius 3 is 2.76 bits per heavy atom. The molecule has 3 unspecified atom stereocenters. The third-order valence-corrected chi connectivity index (χ3v) is 7.10. The summed E-state index contributed by atoms with van der Waals surface area (Å²) in [5.41, 5.74) is 1.04. The van der Waals surface area contributed by atoms with E-state index in [0.29, 0.717) is 47.3 Å². The van der Waals surface area contributed by atoms with Crippen LogP contribution in [0, 0.1) is 29.6 Å². The van der Waals surface area contributed by atoms with Crippen LogP contribution in [0.15, 0.2) is 12.1 Å². The van der Waals surface area contributed by atoms with E-state index in [4.69, 9.17) is 16.3 Å². The van der Waals surface area contributed by atoms with Crippen molar-refractivity contribution in [3.63, 3.8) is 0 Å². The molecule has 4 saturated carbocycles. The Labute approximate surface area is 173 Å². The minimum Gasteiger partial charge on any atom is -0.466 e. The summed E-state index contributed by atoms with van der Waals surface area (Å²) in [5, 5.41) is 10.4. The number of carbonyl (C=O) groups is 2. The Kier molecular flexibility index (Phi) is 4.42. The number of anilines is 1. The van der Waals surface area contributed by atoms with Gasteiger partial charge in [0.25, 0.3) is 5.91 Å². The van der Waals surface area contributed by atoms with Crippen molar-refractivity contribution >= 4 is 34.8 Å². The number of hydrogen-bond acceptors (Lipinski definition) is 6. The Bertz CT molecular complexity index is 992. The van der Waals surface area contributed by atoms with Crippen molar-refractivity contribution in [3.8, 4) is 0 Å². The lowest BCUT2D eigenvalue weighted by molar-refractivity contribution is -0.155. The Balaban J connectivity index is 1.53. The molecule has 2 heterocycles. The lowest BCUT2D eigenvalue weighted by Crippen LogP contribution is -2.53. The van der Waals surface area contributed by atoms with Gasteiger partial charge in [-0.25, -0.2) is 4.52 Å². The summed E-state index contributed by atoms with van der Waals surface area (Å²) in [4.78, 5) is 29.4. The normalized spacial score (nSPS) is 32.0. The molecule has 29 heavy (non-hydrogen) atoms. The number of halogens is 1. The number of amides is 1. The summed E-state index contributed by atoms with van der Waals surface area (Å²) in [6.45, 7) is 2.22. The maximum absolute atomic E-state index is 12.8. The van der Waals surface area contributed by atoms with Crippen molar-refractivity contribution in [2.45, 2.75) is 32.2 Å². The molecule has 8 nitrogen and oxygen atoms in total. The monoisotopic (exact) mass is 417 g/mol. The number of nitrogens with zero attached hydrogens (tertiary/aromatic N) is 3. The average molecular weight is 418 g/mol. The molecule has 0 saturated heterocycles. The molecule has 0 radical (unpaired) electrons. The fourth-order valence-corrected chi connectivity index (χ4v) is 5.91. The van der Waals surface area contributed by atoms with E-state index in [1.165, 1.54) is 10.9 Å². The summed E-state index contributed by atoms with van der Waals surface area (Å²) >= 11 is 6.18. The number of carbonyl (C=O) groups excluding carboxylic acids is 2. The maximum atomic E-state index is 12.8. The third-order valence-electron chi connectivity index (χ3n) is 6.94. The van der Waals surface area contributed by atoms with E-state index in [1.54, 1.807) is 19.2 Å². The van der Waals surface area contributed by atoms with Crippen LogP contribution in [0.2, 0.25) is 5.28 Å². The summed E-state index contributed by atoms with van der Waals surface area (Å²) in [5.74, 6) is 2.10. The molecule has 2 bridgehead atoms. The Morgan fingerprint density at radius 1 is 1.24 bits per heavy atom. The average Bonchev–Trinajstić information content (AvgIpc) is 3.43. The molecule has 2 aromatic rings. The Hall–Kier alpha value is -2.35. The van der Waals surface area contributed by atoms with Crippen molar-refractivity contribution in [2.75, 3.05) is 19.0 Å². The lowest BCUT2D eigenvalue weighted by Gasteiger charge is -2.47. The number of fused-ring (bicyclic) bond motifs is 3. The molecule has 1 amide bonds. The zero-order valence-electron chi connectivity index (χ0n) is 16.4. The van der Waals surface area contributed by atoms with Gasteiger partial charge in [0, 0.05) is 13.1 Å². The second-order valence-corrected chi connectivity index (χ2v) is 8.58. The van der Waals surface area contributed by atoms with Crippen LogP contribution in [0.3, 0.4) is 0 Å².